The first-order valence-corrected chi connectivity index (χ1v) is 8.54. The van der Waals surface area contributed by atoms with Gasteiger partial charge in [0.15, 0.2) is 0 Å². The molecule has 0 aromatic carbocycles. The van der Waals surface area contributed by atoms with Crippen molar-refractivity contribution in [2.45, 2.75) is 90.4 Å². The third kappa shape index (κ3) is 5.26. The molecule has 0 heterocycles. The topological polar surface area (TPSA) is 41.6 Å². The van der Waals surface area contributed by atoms with Gasteiger partial charge in [0, 0.05) is 18.1 Å². The maximum absolute atomic E-state index is 12.4. The van der Waals surface area contributed by atoms with Crippen LogP contribution in [0.4, 0.5) is 0 Å². The van der Waals surface area contributed by atoms with Gasteiger partial charge >= 0.3 is 5.97 Å². The van der Waals surface area contributed by atoms with Crippen molar-refractivity contribution < 1.29 is 9.53 Å². The molecule has 1 rings (SSSR count). The summed E-state index contributed by atoms with van der Waals surface area (Å²) < 4.78 is 5.31. The fourth-order valence-corrected chi connectivity index (χ4v) is 3.13. The Hall–Kier alpha value is -0.610. The smallest absolute Gasteiger partial charge is 0.326 e. The van der Waals surface area contributed by atoms with Gasteiger partial charge in [0.2, 0.25) is 0 Å². The van der Waals surface area contributed by atoms with E-state index in [0.717, 1.165) is 19.3 Å². The van der Waals surface area contributed by atoms with Crippen LogP contribution in [0.5, 0.6) is 0 Å². The zero-order valence-corrected chi connectivity index (χ0v) is 14.7. The van der Waals surface area contributed by atoms with Crippen molar-refractivity contribution in [3.05, 3.63) is 0 Å². The predicted octanol–water partition coefficient (Wildman–Crippen LogP) is 2.96. The molecule has 21 heavy (non-hydrogen) atoms. The average Bonchev–Trinajstić information content (AvgIpc) is 3.23. The molecule has 0 spiro atoms. The first-order valence-electron chi connectivity index (χ1n) is 8.54. The van der Waals surface area contributed by atoms with E-state index in [2.05, 4.69) is 38.0 Å². The molecule has 1 aliphatic rings. The summed E-state index contributed by atoms with van der Waals surface area (Å²) in [6.07, 6.45) is 5.42. The van der Waals surface area contributed by atoms with Crippen LogP contribution in [-0.2, 0) is 9.53 Å². The fraction of sp³-hybridized carbons (Fsp3) is 0.941. The van der Waals surface area contributed by atoms with E-state index in [4.69, 9.17) is 4.74 Å². The fourth-order valence-electron chi connectivity index (χ4n) is 3.13. The third-order valence-electron chi connectivity index (χ3n) is 4.74. The maximum Gasteiger partial charge on any atom is 0.326 e. The Morgan fingerprint density at radius 1 is 1.33 bits per heavy atom. The van der Waals surface area contributed by atoms with Gasteiger partial charge in [0.05, 0.1) is 6.61 Å². The lowest BCUT2D eigenvalue weighted by Crippen LogP contribution is -2.55. The Balaban J connectivity index is 2.72. The Labute approximate surface area is 130 Å². The lowest BCUT2D eigenvalue weighted by molar-refractivity contribution is -0.151. The van der Waals surface area contributed by atoms with Crippen LogP contribution in [0.2, 0.25) is 0 Å². The molecule has 0 aromatic heterocycles. The molecule has 1 fully saturated rings. The SMILES string of the molecule is CCOC(=O)C(C)(CC(C)N(C)C(CC)CC)NC1CC1. The number of rotatable bonds is 10. The summed E-state index contributed by atoms with van der Waals surface area (Å²) in [6, 6.07) is 1.41. The number of carbonyl (C=O) groups is 1. The number of nitrogens with zero attached hydrogens (tertiary/aromatic N) is 1. The van der Waals surface area contributed by atoms with Crippen LogP contribution in [0.3, 0.4) is 0 Å². The van der Waals surface area contributed by atoms with Crippen LogP contribution >= 0.6 is 0 Å². The molecule has 0 aliphatic heterocycles. The number of carbonyl (C=O) groups excluding carboxylic acids is 1. The summed E-state index contributed by atoms with van der Waals surface area (Å²) in [5.74, 6) is -0.110. The van der Waals surface area contributed by atoms with Crippen molar-refractivity contribution in [1.82, 2.24) is 10.2 Å². The molecule has 124 valence electrons. The molecule has 1 saturated carbocycles. The van der Waals surface area contributed by atoms with Gasteiger partial charge < -0.3 is 9.64 Å². The lowest BCUT2D eigenvalue weighted by atomic mass is 9.91. The number of ether oxygens (including phenoxy) is 1. The average molecular weight is 298 g/mol. The molecule has 0 saturated heterocycles. The summed E-state index contributed by atoms with van der Waals surface area (Å²) in [4.78, 5) is 14.8. The first kappa shape index (κ1) is 18.4. The highest BCUT2D eigenvalue weighted by atomic mass is 16.5. The van der Waals surface area contributed by atoms with E-state index in [1.165, 1.54) is 12.8 Å². The van der Waals surface area contributed by atoms with E-state index in [-0.39, 0.29) is 5.97 Å². The summed E-state index contributed by atoms with van der Waals surface area (Å²) in [7, 11) is 2.17. The van der Waals surface area contributed by atoms with Gasteiger partial charge in [-0.2, -0.15) is 0 Å². The van der Waals surface area contributed by atoms with E-state index in [1.54, 1.807) is 0 Å². The molecule has 0 aromatic rings. The van der Waals surface area contributed by atoms with Crippen molar-refractivity contribution in [2.75, 3.05) is 13.7 Å². The second-order valence-corrected chi connectivity index (χ2v) is 6.66. The minimum absolute atomic E-state index is 0.110. The molecule has 1 aliphatic carbocycles. The lowest BCUT2D eigenvalue weighted by Gasteiger charge is -2.38. The zero-order chi connectivity index (χ0) is 16.0. The van der Waals surface area contributed by atoms with Crippen molar-refractivity contribution in [3.8, 4) is 0 Å². The van der Waals surface area contributed by atoms with E-state index >= 15 is 0 Å². The predicted molar refractivity (Wildman–Crippen MR) is 87.4 cm³/mol. The molecule has 0 bridgehead atoms. The van der Waals surface area contributed by atoms with Crippen LogP contribution in [0.25, 0.3) is 0 Å². The highest BCUT2D eigenvalue weighted by Crippen LogP contribution is 2.27. The third-order valence-corrected chi connectivity index (χ3v) is 4.74. The molecule has 4 heteroatoms. The Morgan fingerprint density at radius 2 is 1.90 bits per heavy atom. The van der Waals surface area contributed by atoms with E-state index in [0.29, 0.717) is 24.7 Å². The molecule has 1 N–H and O–H groups in total. The summed E-state index contributed by atoms with van der Waals surface area (Å²) in [6.45, 7) is 11.0. The van der Waals surface area contributed by atoms with Gasteiger partial charge in [-0.3, -0.25) is 10.1 Å². The van der Waals surface area contributed by atoms with Crippen LogP contribution < -0.4 is 5.32 Å². The number of nitrogens with one attached hydrogen (secondary N) is 1. The van der Waals surface area contributed by atoms with Gasteiger partial charge in [-0.25, -0.2) is 0 Å². The van der Waals surface area contributed by atoms with Crippen LogP contribution in [0.15, 0.2) is 0 Å². The van der Waals surface area contributed by atoms with Crippen LogP contribution in [0, 0.1) is 0 Å². The maximum atomic E-state index is 12.4. The zero-order valence-electron chi connectivity index (χ0n) is 14.7. The molecule has 2 unspecified atom stereocenters. The minimum atomic E-state index is -0.573. The van der Waals surface area contributed by atoms with E-state index in [9.17, 15) is 4.79 Å². The van der Waals surface area contributed by atoms with E-state index < -0.39 is 5.54 Å². The minimum Gasteiger partial charge on any atom is -0.465 e. The van der Waals surface area contributed by atoms with Gasteiger partial charge in [-0.15, -0.1) is 0 Å². The molecule has 4 nitrogen and oxygen atoms in total. The standard InChI is InChI=1S/C17H34N2O2/c1-7-15(8-2)19(6)13(4)12-17(5,16(20)21-9-3)18-14-10-11-14/h13-15,18H,7-12H2,1-6H3. The highest BCUT2D eigenvalue weighted by Gasteiger charge is 2.41. The van der Waals surface area contributed by atoms with Gasteiger partial charge in [0.1, 0.15) is 5.54 Å². The highest BCUT2D eigenvalue weighted by molar-refractivity contribution is 5.80. The number of esters is 1. The second-order valence-electron chi connectivity index (χ2n) is 6.66. The Morgan fingerprint density at radius 3 is 2.33 bits per heavy atom. The summed E-state index contributed by atoms with van der Waals surface area (Å²) in [5, 5.41) is 3.51. The van der Waals surface area contributed by atoms with Gasteiger partial charge in [-0.1, -0.05) is 13.8 Å². The van der Waals surface area contributed by atoms with Crippen LogP contribution in [-0.4, -0.2) is 48.2 Å². The van der Waals surface area contributed by atoms with Crippen molar-refractivity contribution >= 4 is 5.97 Å². The molecule has 2 atom stereocenters. The second kappa shape index (κ2) is 8.14. The number of hydrogen-bond acceptors (Lipinski definition) is 4. The summed E-state index contributed by atoms with van der Waals surface area (Å²) >= 11 is 0. The van der Waals surface area contributed by atoms with Gasteiger partial charge in [-0.05, 0) is 59.9 Å². The molecular weight excluding hydrogens is 264 g/mol. The molecule has 0 amide bonds. The normalized spacial score (nSPS) is 19.6. The monoisotopic (exact) mass is 298 g/mol. The largest absolute Gasteiger partial charge is 0.465 e. The van der Waals surface area contributed by atoms with Crippen molar-refractivity contribution in [2.24, 2.45) is 0 Å². The van der Waals surface area contributed by atoms with E-state index in [1.807, 2.05) is 13.8 Å². The molecule has 0 radical (unpaired) electrons. The van der Waals surface area contributed by atoms with Crippen LogP contribution in [0.1, 0.15) is 66.7 Å². The van der Waals surface area contributed by atoms with Crippen molar-refractivity contribution in [3.63, 3.8) is 0 Å². The van der Waals surface area contributed by atoms with Gasteiger partial charge in [0.25, 0.3) is 0 Å². The quantitative estimate of drug-likeness (QED) is 0.630. The Bertz CT molecular complexity index is 327. The Kier molecular flexibility index (Phi) is 7.14. The van der Waals surface area contributed by atoms with Crippen molar-refractivity contribution in [1.29, 1.82) is 0 Å². The molecular formula is C17H34N2O2. The summed E-state index contributed by atoms with van der Waals surface area (Å²) in [5.41, 5.74) is -0.573. The number of hydrogen-bond donors (Lipinski definition) is 1. The first-order chi connectivity index (χ1) is 9.87.